The number of hydrogen-bond donors (Lipinski definition) is 0. The maximum absolute atomic E-state index is 6.05. The number of benzene rings is 2. The second-order valence-electron chi connectivity index (χ2n) is 5.76. The summed E-state index contributed by atoms with van der Waals surface area (Å²) in [5.41, 5.74) is 2.14. The van der Waals surface area contributed by atoms with Crippen LogP contribution in [0.25, 0.3) is 0 Å². The second kappa shape index (κ2) is 8.80. The van der Waals surface area contributed by atoms with Crippen LogP contribution in [0, 0.1) is 6.92 Å². The number of rotatable bonds is 7. The average Bonchev–Trinajstić information content (AvgIpc) is 3.03. The lowest BCUT2D eigenvalue weighted by molar-refractivity contribution is 0.288. The smallest absolute Gasteiger partial charge is 0.191 e. The molecule has 0 radical (unpaired) electrons. The van der Waals surface area contributed by atoms with Crippen molar-refractivity contribution in [1.82, 2.24) is 14.8 Å². The van der Waals surface area contributed by atoms with Crippen molar-refractivity contribution in [3.05, 3.63) is 69.5 Å². The van der Waals surface area contributed by atoms with Gasteiger partial charge < -0.3 is 9.30 Å². The van der Waals surface area contributed by atoms with Crippen LogP contribution >= 0.6 is 35.0 Å². The van der Waals surface area contributed by atoms with Gasteiger partial charge in [0.1, 0.15) is 12.4 Å². The van der Waals surface area contributed by atoms with E-state index in [1.165, 1.54) is 0 Å². The van der Waals surface area contributed by atoms with E-state index in [9.17, 15) is 0 Å². The summed E-state index contributed by atoms with van der Waals surface area (Å²) in [7, 11) is 0. The topological polar surface area (TPSA) is 39.9 Å². The minimum absolute atomic E-state index is 0.361. The maximum atomic E-state index is 6.05. The summed E-state index contributed by atoms with van der Waals surface area (Å²) in [6.45, 7) is 5.17. The number of aromatic nitrogens is 3. The molecule has 1 aromatic heterocycles. The van der Waals surface area contributed by atoms with Crippen LogP contribution < -0.4 is 4.74 Å². The van der Waals surface area contributed by atoms with Gasteiger partial charge in [-0.1, -0.05) is 47.1 Å². The SMILES string of the molecule is CCn1c(COc2ccc(Cl)c(C)c2)nnc1SCc1cccc(Cl)c1. The molecule has 0 amide bonds. The van der Waals surface area contributed by atoms with Gasteiger partial charge in [-0.25, -0.2) is 0 Å². The average molecular weight is 408 g/mol. The molecular formula is C19H19Cl2N3OS. The molecule has 0 unspecified atom stereocenters. The predicted octanol–water partition coefficient (Wildman–Crippen LogP) is 5.78. The summed E-state index contributed by atoms with van der Waals surface area (Å²) in [6.07, 6.45) is 0. The van der Waals surface area contributed by atoms with Crippen molar-refractivity contribution in [3.8, 4) is 5.75 Å². The van der Waals surface area contributed by atoms with Crippen molar-refractivity contribution < 1.29 is 4.74 Å². The fourth-order valence-corrected chi connectivity index (χ4v) is 3.77. The molecule has 136 valence electrons. The Morgan fingerprint density at radius 1 is 1.12 bits per heavy atom. The Morgan fingerprint density at radius 2 is 1.96 bits per heavy atom. The minimum Gasteiger partial charge on any atom is -0.486 e. The Hall–Kier alpha value is -1.69. The van der Waals surface area contributed by atoms with E-state index in [1.54, 1.807) is 11.8 Å². The number of hydrogen-bond acceptors (Lipinski definition) is 4. The predicted molar refractivity (Wildman–Crippen MR) is 107 cm³/mol. The molecule has 3 aromatic rings. The van der Waals surface area contributed by atoms with Crippen molar-refractivity contribution in [2.75, 3.05) is 0 Å². The molecular weight excluding hydrogens is 389 g/mol. The first-order valence-corrected chi connectivity index (χ1v) is 9.99. The van der Waals surface area contributed by atoms with Crippen LogP contribution in [0.4, 0.5) is 0 Å². The molecule has 0 atom stereocenters. The molecule has 0 saturated heterocycles. The number of thioether (sulfide) groups is 1. The van der Waals surface area contributed by atoms with E-state index in [0.29, 0.717) is 6.61 Å². The van der Waals surface area contributed by atoms with Gasteiger partial charge in [-0.05, 0) is 55.3 Å². The molecule has 0 saturated carbocycles. The van der Waals surface area contributed by atoms with E-state index in [-0.39, 0.29) is 0 Å². The third kappa shape index (κ3) is 4.72. The van der Waals surface area contributed by atoms with Crippen LogP contribution in [0.1, 0.15) is 23.9 Å². The lowest BCUT2D eigenvalue weighted by Crippen LogP contribution is -2.07. The molecule has 4 nitrogen and oxygen atoms in total. The van der Waals surface area contributed by atoms with E-state index in [0.717, 1.165) is 50.2 Å². The third-order valence-corrected chi connectivity index (χ3v) is 5.56. The fraction of sp³-hybridized carbons (Fsp3) is 0.263. The largest absolute Gasteiger partial charge is 0.486 e. The summed E-state index contributed by atoms with van der Waals surface area (Å²) in [4.78, 5) is 0. The molecule has 2 aromatic carbocycles. The molecule has 1 heterocycles. The zero-order valence-electron chi connectivity index (χ0n) is 14.6. The Morgan fingerprint density at radius 3 is 2.69 bits per heavy atom. The Bertz CT molecular complexity index is 898. The lowest BCUT2D eigenvalue weighted by atomic mass is 10.2. The number of nitrogens with zero attached hydrogens (tertiary/aromatic N) is 3. The Balaban J connectivity index is 1.66. The minimum atomic E-state index is 0.361. The van der Waals surface area contributed by atoms with Crippen LogP contribution in [0.2, 0.25) is 10.0 Å². The molecule has 0 aliphatic carbocycles. The lowest BCUT2D eigenvalue weighted by Gasteiger charge is -2.10. The van der Waals surface area contributed by atoms with E-state index in [2.05, 4.69) is 27.8 Å². The highest BCUT2D eigenvalue weighted by Gasteiger charge is 2.12. The summed E-state index contributed by atoms with van der Waals surface area (Å²) in [6, 6.07) is 13.5. The van der Waals surface area contributed by atoms with Crippen LogP contribution in [0.3, 0.4) is 0 Å². The summed E-state index contributed by atoms with van der Waals surface area (Å²) in [5.74, 6) is 2.36. The van der Waals surface area contributed by atoms with Gasteiger partial charge in [0.15, 0.2) is 11.0 Å². The first kappa shape index (κ1) is 19.1. The first-order chi connectivity index (χ1) is 12.6. The highest BCUT2D eigenvalue weighted by Crippen LogP contribution is 2.25. The number of halogens is 2. The van der Waals surface area contributed by atoms with Crippen molar-refractivity contribution >= 4 is 35.0 Å². The Kier molecular flexibility index (Phi) is 6.46. The van der Waals surface area contributed by atoms with Crippen LogP contribution in [-0.2, 0) is 18.9 Å². The fourth-order valence-electron chi connectivity index (χ4n) is 2.48. The number of aryl methyl sites for hydroxylation is 1. The van der Waals surface area contributed by atoms with E-state index >= 15 is 0 Å². The standard InChI is InChI=1S/C19H19Cl2N3OS/c1-3-24-18(11-25-16-7-8-17(21)13(2)9-16)22-23-19(24)26-12-14-5-4-6-15(20)10-14/h4-10H,3,11-12H2,1-2H3. The quantitative estimate of drug-likeness (QED) is 0.465. The molecule has 0 spiro atoms. The zero-order valence-corrected chi connectivity index (χ0v) is 16.9. The van der Waals surface area contributed by atoms with Crippen molar-refractivity contribution in [3.63, 3.8) is 0 Å². The van der Waals surface area contributed by atoms with Crippen molar-refractivity contribution in [2.24, 2.45) is 0 Å². The molecule has 0 aliphatic heterocycles. The van der Waals surface area contributed by atoms with Gasteiger partial charge in [0.2, 0.25) is 0 Å². The summed E-state index contributed by atoms with van der Waals surface area (Å²) >= 11 is 13.7. The van der Waals surface area contributed by atoms with Gasteiger partial charge in [-0.15, -0.1) is 10.2 Å². The van der Waals surface area contributed by atoms with E-state index < -0.39 is 0 Å². The highest BCUT2D eigenvalue weighted by molar-refractivity contribution is 7.98. The highest BCUT2D eigenvalue weighted by atomic mass is 35.5. The Labute approximate surface area is 167 Å². The second-order valence-corrected chi connectivity index (χ2v) is 7.55. The van der Waals surface area contributed by atoms with Gasteiger partial charge in [-0.2, -0.15) is 0 Å². The molecule has 3 rings (SSSR count). The van der Waals surface area contributed by atoms with Gasteiger partial charge in [0.25, 0.3) is 0 Å². The third-order valence-electron chi connectivity index (χ3n) is 3.86. The normalized spacial score (nSPS) is 10.9. The van der Waals surface area contributed by atoms with Crippen LogP contribution in [-0.4, -0.2) is 14.8 Å². The van der Waals surface area contributed by atoms with E-state index in [1.807, 2.05) is 43.3 Å². The van der Waals surface area contributed by atoms with E-state index in [4.69, 9.17) is 27.9 Å². The van der Waals surface area contributed by atoms with Gasteiger partial charge in [-0.3, -0.25) is 0 Å². The molecule has 0 aliphatic rings. The molecule has 0 bridgehead atoms. The van der Waals surface area contributed by atoms with Gasteiger partial charge >= 0.3 is 0 Å². The molecule has 0 N–H and O–H groups in total. The van der Waals surface area contributed by atoms with Crippen molar-refractivity contribution in [1.29, 1.82) is 0 Å². The number of ether oxygens (including phenoxy) is 1. The summed E-state index contributed by atoms with van der Waals surface area (Å²) < 4.78 is 7.92. The molecule has 0 fully saturated rings. The summed E-state index contributed by atoms with van der Waals surface area (Å²) in [5, 5.41) is 10.9. The monoisotopic (exact) mass is 407 g/mol. The zero-order chi connectivity index (χ0) is 18.5. The molecule has 26 heavy (non-hydrogen) atoms. The van der Waals surface area contributed by atoms with Gasteiger partial charge in [0.05, 0.1) is 0 Å². The molecule has 7 heteroatoms. The van der Waals surface area contributed by atoms with Crippen LogP contribution in [0.15, 0.2) is 47.6 Å². The van der Waals surface area contributed by atoms with Crippen LogP contribution in [0.5, 0.6) is 5.75 Å². The van der Waals surface area contributed by atoms with Gasteiger partial charge in [0, 0.05) is 22.3 Å². The maximum Gasteiger partial charge on any atom is 0.191 e. The first-order valence-electron chi connectivity index (χ1n) is 8.25. The van der Waals surface area contributed by atoms with Crippen molar-refractivity contribution in [2.45, 2.75) is 37.9 Å².